The van der Waals surface area contributed by atoms with E-state index < -0.39 is 34.4 Å². The molecule has 0 bridgehead atoms. The van der Waals surface area contributed by atoms with E-state index in [0.717, 1.165) is 0 Å². The van der Waals surface area contributed by atoms with Crippen LogP contribution in [0.3, 0.4) is 0 Å². The molecule has 1 unspecified atom stereocenters. The molecule has 0 aliphatic carbocycles. The lowest BCUT2D eigenvalue weighted by molar-refractivity contribution is -0.134. The summed E-state index contributed by atoms with van der Waals surface area (Å²) in [5, 5.41) is 2.69. The number of hydrogen-bond acceptors (Lipinski definition) is 3. The van der Waals surface area contributed by atoms with Crippen LogP contribution in [-0.2, 0) is 22.0 Å². The number of rotatable bonds is 4. The summed E-state index contributed by atoms with van der Waals surface area (Å²) >= 11 is 0. The quantitative estimate of drug-likeness (QED) is 0.858. The molecule has 4 nitrogen and oxygen atoms in total. The van der Waals surface area contributed by atoms with Gasteiger partial charge in [-0.25, -0.2) is 8.42 Å². The second-order valence-electron chi connectivity index (χ2n) is 6.55. The summed E-state index contributed by atoms with van der Waals surface area (Å²) in [7, 11) is -3.38. The molecule has 0 saturated heterocycles. The van der Waals surface area contributed by atoms with Crippen LogP contribution in [-0.4, -0.2) is 26.3 Å². The van der Waals surface area contributed by atoms with E-state index in [0.29, 0.717) is 11.1 Å². The molecule has 144 valence electrons. The van der Waals surface area contributed by atoms with Crippen molar-refractivity contribution >= 4 is 15.7 Å². The minimum absolute atomic E-state index is 0.0856. The van der Waals surface area contributed by atoms with Crippen LogP contribution in [0.2, 0.25) is 0 Å². The van der Waals surface area contributed by atoms with E-state index in [-0.39, 0.29) is 29.1 Å². The Labute approximate surface area is 155 Å². The van der Waals surface area contributed by atoms with Crippen molar-refractivity contribution in [2.45, 2.75) is 30.8 Å². The van der Waals surface area contributed by atoms with Crippen LogP contribution in [0.1, 0.15) is 39.5 Å². The fourth-order valence-electron chi connectivity index (χ4n) is 3.24. The van der Waals surface area contributed by atoms with Crippen molar-refractivity contribution in [2.24, 2.45) is 0 Å². The van der Waals surface area contributed by atoms with Crippen LogP contribution in [0, 0.1) is 0 Å². The Hall–Kier alpha value is -2.35. The SMILES string of the molecule is O=C(NC1CS(=O)(=O)Cc2ccccc21)c1ccccc1CCC(F)(F)F. The van der Waals surface area contributed by atoms with Gasteiger partial charge in [0.15, 0.2) is 9.84 Å². The first-order valence-electron chi connectivity index (χ1n) is 8.38. The van der Waals surface area contributed by atoms with Gasteiger partial charge < -0.3 is 5.32 Å². The smallest absolute Gasteiger partial charge is 0.344 e. The van der Waals surface area contributed by atoms with E-state index in [4.69, 9.17) is 0 Å². The zero-order chi connectivity index (χ0) is 19.7. The Balaban J connectivity index is 1.84. The average molecular weight is 397 g/mol. The number of carbonyl (C=O) groups excluding carboxylic acids is 1. The molecule has 2 aromatic rings. The minimum atomic E-state index is -4.32. The first kappa shape index (κ1) is 19.4. The molecule has 1 N–H and O–H groups in total. The Morgan fingerprint density at radius 2 is 1.74 bits per heavy atom. The number of amides is 1. The van der Waals surface area contributed by atoms with E-state index >= 15 is 0 Å². The van der Waals surface area contributed by atoms with Gasteiger partial charge >= 0.3 is 6.18 Å². The van der Waals surface area contributed by atoms with Crippen molar-refractivity contribution in [1.29, 1.82) is 0 Å². The van der Waals surface area contributed by atoms with Gasteiger partial charge in [-0.3, -0.25) is 4.79 Å². The standard InChI is InChI=1S/C19H18F3NO3S/c20-19(21,22)10-9-13-5-1-4-8-16(13)18(24)23-17-12-27(25,26)11-14-6-2-3-7-15(14)17/h1-8,17H,9-12H2,(H,23,24). The maximum absolute atomic E-state index is 12.7. The lowest BCUT2D eigenvalue weighted by Gasteiger charge is -2.26. The van der Waals surface area contributed by atoms with Gasteiger partial charge in [-0.15, -0.1) is 0 Å². The van der Waals surface area contributed by atoms with Crippen molar-refractivity contribution in [3.63, 3.8) is 0 Å². The van der Waals surface area contributed by atoms with Crippen molar-refractivity contribution < 1.29 is 26.4 Å². The third-order valence-corrected chi connectivity index (χ3v) is 6.06. The summed E-state index contributed by atoms with van der Waals surface area (Å²) in [6, 6.07) is 12.3. The lowest BCUT2D eigenvalue weighted by atomic mass is 9.99. The van der Waals surface area contributed by atoms with E-state index in [2.05, 4.69) is 5.32 Å². The molecule has 1 aliphatic rings. The highest BCUT2D eigenvalue weighted by Crippen LogP contribution is 2.29. The second-order valence-corrected chi connectivity index (χ2v) is 8.66. The average Bonchev–Trinajstić information content (AvgIpc) is 2.58. The molecule has 0 saturated carbocycles. The number of halogens is 3. The van der Waals surface area contributed by atoms with E-state index in [1.54, 1.807) is 36.4 Å². The third-order valence-electron chi connectivity index (χ3n) is 4.47. The van der Waals surface area contributed by atoms with E-state index in [9.17, 15) is 26.4 Å². The summed E-state index contributed by atoms with van der Waals surface area (Å²) < 4.78 is 61.9. The highest BCUT2D eigenvalue weighted by molar-refractivity contribution is 7.90. The molecule has 27 heavy (non-hydrogen) atoms. The molecule has 2 aromatic carbocycles. The number of aryl methyl sites for hydroxylation is 1. The fourth-order valence-corrected chi connectivity index (χ4v) is 4.86. The normalized spacial score (nSPS) is 18.6. The van der Waals surface area contributed by atoms with Crippen molar-refractivity contribution in [3.8, 4) is 0 Å². The first-order chi connectivity index (χ1) is 12.6. The Morgan fingerprint density at radius 3 is 2.48 bits per heavy atom. The van der Waals surface area contributed by atoms with Gasteiger partial charge in [-0.2, -0.15) is 13.2 Å². The topological polar surface area (TPSA) is 63.2 Å². The summed E-state index contributed by atoms with van der Waals surface area (Å²) in [4.78, 5) is 12.7. The number of sulfone groups is 1. The summed E-state index contributed by atoms with van der Waals surface area (Å²) in [5.41, 5.74) is 1.74. The second kappa shape index (κ2) is 7.34. The molecular formula is C19H18F3NO3S. The molecule has 3 rings (SSSR count). The van der Waals surface area contributed by atoms with Crippen LogP contribution >= 0.6 is 0 Å². The van der Waals surface area contributed by atoms with Crippen molar-refractivity contribution in [3.05, 3.63) is 70.8 Å². The zero-order valence-electron chi connectivity index (χ0n) is 14.3. The molecule has 0 radical (unpaired) electrons. The monoisotopic (exact) mass is 397 g/mol. The maximum Gasteiger partial charge on any atom is 0.389 e. The Kier molecular flexibility index (Phi) is 5.28. The largest absolute Gasteiger partial charge is 0.389 e. The van der Waals surface area contributed by atoms with Crippen LogP contribution in [0.5, 0.6) is 0 Å². The molecular weight excluding hydrogens is 379 g/mol. The number of benzene rings is 2. The van der Waals surface area contributed by atoms with E-state index in [1.165, 1.54) is 12.1 Å². The summed E-state index contributed by atoms with van der Waals surface area (Å²) in [5.74, 6) is -0.900. The van der Waals surface area contributed by atoms with Crippen molar-refractivity contribution in [1.82, 2.24) is 5.32 Å². The predicted molar refractivity (Wildman–Crippen MR) is 95.0 cm³/mol. The number of alkyl halides is 3. The van der Waals surface area contributed by atoms with Gasteiger partial charge in [0.25, 0.3) is 5.91 Å². The molecule has 1 amide bonds. The molecule has 1 aliphatic heterocycles. The minimum Gasteiger partial charge on any atom is -0.344 e. The van der Waals surface area contributed by atoms with Gasteiger partial charge in [-0.1, -0.05) is 42.5 Å². The summed E-state index contributed by atoms with van der Waals surface area (Å²) in [6.07, 6.45) is -5.66. The highest BCUT2D eigenvalue weighted by Gasteiger charge is 2.31. The van der Waals surface area contributed by atoms with Gasteiger partial charge in [0.05, 0.1) is 17.5 Å². The molecule has 0 aromatic heterocycles. The highest BCUT2D eigenvalue weighted by atomic mass is 32.2. The van der Waals surface area contributed by atoms with Gasteiger partial charge in [0.1, 0.15) is 0 Å². The van der Waals surface area contributed by atoms with E-state index in [1.807, 2.05) is 0 Å². The molecule has 0 spiro atoms. The molecule has 1 atom stereocenters. The summed E-state index contributed by atoms with van der Waals surface area (Å²) in [6.45, 7) is 0. The predicted octanol–water partition coefficient (Wildman–Crippen LogP) is 3.58. The van der Waals surface area contributed by atoms with Gasteiger partial charge in [0.2, 0.25) is 0 Å². The number of carbonyl (C=O) groups is 1. The Bertz CT molecular complexity index is 955. The van der Waals surface area contributed by atoms with Crippen LogP contribution in [0.15, 0.2) is 48.5 Å². The fraction of sp³-hybridized carbons (Fsp3) is 0.316. The van der Waals surface area contributed by atoms with Crippen LogP contribution in [0.4, 0.5) is 13.2 Å². The third kappa shape index (κ3) is 4.88. The maximum atomic E-state index is 12.7. The first-order valence-corrected chi connectivity index (χ1v) is 10.2. The molecule has 0 fully saturated rings. The van der Waals surface area contributed by atoms with Crippen LogP contribution in [0.25, 0.3) is 0 Å². The zero-order valence-corrected chi connectivity index (χ0v) is 15.1. The van der Waals surface area contributed by atoms with Crippen LogP contribution < -0.4 is 5.32 Å². The lowest BCUT2D eigenvalue weighted by Crippen LogP contribution is -2.37. The van der Waals surface area contributed by atoms with Gasteiger partial charge in [0, 0.05) is 12.0 Å². The molecule has 1 heterocycles. The van der Waals surface area contributed by atoms with Crippen molar-refractivity contribution in [2.75, 3.05) is 5.75 Å². The number of fused-ring (bicyclic) bond motifs is 1. The Morgan fingerprint density at radius 1 is 1.07 bits per heavy atom. The van der Waals surface area contributed by atoms with Gasteiger partial charge in [-0.05, 0) is 29.2 Å². The number of nitrogens with one attached hydrogen (secondary N) is 1. The number of hydrogen-bond donors (Lipinski definition) is 1. The molecule has 8 heteroatoms.